The van der Waals surface area contributed by atoms with Gasteiger partial charge in [-0.15, -0.1) is 0 Å². The van der Waals surface area contributed by atoms with Gasteiger partial charge in [0.05, 0.1) is 10.6 Å². The number of benzene rings is 7. The molecule has 12 heteroatoms. The molecule has 3 aliphatic rings. The molecule has 0 bridgehead atoms. The minimum absolute atomic E-state index is 0. The first-order chi connectivity index (χ1) is 28.7. The average molecular weight is 903 g/mol. The van der Waals surface area contributed by atoms with Crippen LogP contribution in [0.25, 0.3) is 33.4 Å². The van der Waals surface area contributed by atoms with Crippen molar-refractivity contribution in [2.45, 2.75) is 38.0 Å². The topological polar surface area (TPSA) is 93.3 Å². The predicted octanol–water partition coefficient (Wildman–Crippen LogP) is 13.3. The maximum absolute atomic E-state index is 15.1. The Kier molecular flexibility index (Phi) is 11.4. The summed E-state index contributed by atoms with van der Waals surface area (Å²) in [6, 6.07) is 48.4. The minimum atomic E-state index is -3.38. The molecule has 7 aromatic rings. The summed E-state index contributed by atoms with van der Waals surface area (Å²) in [7, 11) is -1.03. The lowest BCUT2D eigenvalue weighted by molar-refractivity contribution is 0.507. The van der Waals surface area contributed by atoms with Crippen LogP contribution in [0, 0.1) is 20.8 Å². The summed E-state index contributed by atoms with van der Waals surface area (Å²) < 4.78 is 49.8. The third-order valence-electron chi connectivity index (χ3n) is 11.4. The normalized spacial score (nSPS) is 19.0. The lowest BCUT2D eigenvalue weighted by atomic mass is 9.90. The molecule has 3 heterocycles. The van der Waals surface area contributed by atoms with E-state index in [4.69, 9.17) is 13.6 Å². The minimum Gasteiger partial charge on any atom is -0.457 e. The van der Waals surface area contributed by atoms with Crippen LogP contribution in [0.5, 0.6) is 17.2 Å². The lowest BCUT2D eigenvalue weighted by Crippen LogP contribution is -2.16. The standard InChI is InChI=1S/C48H39O5P3S3.H2O/c1-31-40(28-57-54-46-25-13-7-19-37(46)34-16-4-10-22-43(34)51-54)32(2)42(30-59-56(50)48-27-15-9-21-39(48)36-18-6-12-24-45(36)53-56)33(3)41(31)29-58-55(49)47-26-14-8-20-38(47)35-17-5-11-23-44(35)52-55;/h4-27H,28-30H2,1-3H3;1H2. The Morgan fingerprint density at radius 2 is 0.817 bits per heavy atom. The van der Waals surface area contributed by atoms with Gasteiger partial charge in [0.1, 0.15) is 17.2 Å². The largest absolute Gasteiger partial charge is 0.457 e. The fourth-order valence-corrected chi connectivity index (χ4v) is 21.0. The number of hydrogen-bond donors (Lipinski definition) is 0. The van der Waals surface area contributed by atoms with E-state index in [9.17, 15) is 0 Å². The Morgan fingerprint density at radius 3 is 1.32 bits per heavy atom. The van der Waals surface area contributed by atoms with Crippen molar-refractivity contribution in [2.24, 2.45) is 0 Å². The van der Waals surface area contributed by atoms with E-state index >= 15 is 9.13 Å². The fraction of sp³-hybridized carbons (Fsp3) is 0.125. The first-order valence-corrected chi connectivity index (χ1v) is 28.7. The molecule has 0 aliphatic carbocycles. The summed E-state index contributed by atoms with van der Waals surface area (Å²) in [5.74, 6) is 3.87. The summed E-state index contributed by atoms with van der Waals surface area (Å²) in [4.78, 5) is 0. The smallest absolute Gasteiger partial charge is 0.334 e. The highest BCUT2D eigenvalue weighted by molar-refractivity contribution is 8.59. The molecule has 0 saturated heterocycles. The molecule has 10 rings (SSSR count). The summed E-state index contributed by atoms with van der Waals surface area (Å²) >= 11 is 4.61. The van der Waals surface area contributed by atoms with E-state index in [1.807, 2.05) is 115 Å². The molecule has 0 spiro atoms. The second-order valence-electron chi connectivity index (χ2n) is 14.7. The van der Waals surface area contributed by atoms with Crippen LogP contribution in [-0.4, -0.2) is 5.48 Å². The molecule has 3 atom stereocenters. The van der Waals surface area contributed by atoms with Crippen LogP contribution >= 0.6 is 54.6 Å². The van der Waals surface area contributed by atoms with Gasteiger partial charge in [-0.1, -0.05) is 121 Å². The SMILES string of the molecule is Cc1c(CSP2Oc3ccccc3-c3ccccc32)c(C)c(CSP2(=O)Oc3ccccc3-c3ccccc32)c(C)c1CSP1(=O)Oc2ccccc2-c2ccccc21.O. The molecule has 3 aliphatic heterocycles. The van der Waals surface area contributed by atoms with Crippen molar-refractivity contribution in [3.8, 4) is 50.6 Å². The molecular weight excluding hydrogens is 862 g/mol. The van der Waals surface area contributed by atoms with E-state index in [0.717, 1.165) is 60.9 Å². The Labute approximate surface area is 364 Å². The van der Waals surface area contributed by atoms with Crippen molar-refractivity contribution in [3.63, 3.8) is 0 Å². The van der Waals surface area contributed by atoms with E-state index in [-0.39, 0.29) is 5.48 Å². The number of fused-ring (bicyclic) bond motifs is 9. The van der Waals surface area contributed by atoms with Gasteiger partial charge in [-0.3, -0.25) is 9.13 Å². The van der Waals surface area contributed by atoms with Gasteiger partial charge in [0.15, 0.2) is 7.35 Å². The monoisotopic (exact) mass is 902 g/mol. The molecule has 6 nitrogen and oxygen atoms in total. The molecule has 0 aromatic heterocycles. The molecule has 60 heavy (non-hydrogen) atoms. The van der Waals surface area contributed by atoms with Gasteiger partial charge < -0.3 is 19.0 Å². The molecule has 0 amide bonds. The summed E-state index contributed by atoms with van der Waals surface area (Å²) in [6.45, 7) is -0.208. The Morgan fingerprint density at radius 1 is 0.450 bits per heavy atom. The van der Waals surface area contributed by atoms with E-state index in [0.29, 0.717) is 28.8 Å². The Balaban J connectivity index is 0.00000462. The van der Waals surface area contributed by atoms with Gasteiger partial charge in [0.25, 0.3) is 0 Å². The van der Waals surface area contributed by atoms with Crippen LogP contribution in [0.3, 0.4) is 0 Å². The van der Waals surface area contributed by atoms with Crippen molar-refractivity contribution in [3.05, 3.63) is 179 Å². The Hall–Kier alpha value is -4.16. The molecule has 0 fully saturated rings. The molecular formula is C48H41O6P3S3. The van der Waals surface area contributed by atoms with Crippen LogP contribution in [0.1, 0.15) is 33.4 Å². The van der Waals surface area contributed by atoms with Crippen molar-refractivity contribution in [1.29, 1.82) is 0 Å². The zero-order chi connectivity index (χ0) is 40.3. The van der Waals surface area contributed by atoms with Crippen LogP contribution in [-0.2, 0) is 26.4 Å². The second-order valence-corrected chi connectivity index (χ2v) is 27.0. The average Bonchev–Trinajstić information content (AvgIpc) is 3.26. The van der Waals surface area contributed by atoms with Crippen LogP contribution in [0.4, 0.5) is 0 Å². The highest BCUT2D eigenvalue weighted by atomic mass is 32.7. The molecule has 3 unspecified atom stereocenters. The summed E-state index contributed by atoms with van der Waals surface area (Å²) in [5.41, 5.74) is 13.1. The van der Waals surface area contributed by atoms with Crippen LogP contribution in [0.2, 0.25) is 0 Å². The van der Waals surface area contributed by atoms with Gasteiger partial charge in [0.2, 0.25) is 0 Å². The van der Waals surface area contributed by atoms with Gasteiger partial charge in [-0.2, -0.15) is 0 Å². The molecule has 0 saturated carbocycles. The zero-order valence-corrected chi connectivity index (χ0v) is 38.2. The molecule has 302 valence electrons. The van der Waals surface area contributed by atoms with E-state index in [2.05, 4.69) is 63.2 Å². The van der Waals surface area contributed by atoms with E-state index < -0.39 is 20.5 Å². The Bertz CT molecular complexity index is 2780. The van der Waals surface area contributed by atoms with Crippen LogP contribution < -0.4 is 29.5 Å². The molecule has 2 N–H and O–H groups in total. The predicted molar refractivity (Wildman–Crippen MR) is 257 cm³/mol. The zero-order valence-electron chi connectivity index (χ0n) is 33.1. The molecule has 0 radical (unpaired) electrons. The summed E-state index contributed by atoms with van der Waals surface area (Å²) in [6.07, 6.45) is 0. The number of para-hydroxylation sites is 3. The molecule has 7 aromatic carbocycles. The quantitative estimate of drug-likeness (QED) is 0.132. The van der Waals surface area contributed by atoms with Crippen LogP contribution in [0.15, 0.2) is 146 Å². The lowest BCUT2D eigenvalue weighted by Gasteiger charge is -2.30. The van der Waals surface area contributed by atoms with E-state index in [1.165, 1.54) is 50.3 Å². The third-order valence-corrected chi connectivity index (χ3v) is 23.9. The number of rotatable bonds is 9. The van der Waals surface area contributed by atoms with Gasteiger partial charge >= 0.3 is 13.1 Å². The maximum Gasteiger partial charge on any atom is 0.334 e. The third kappa shape index (κ3) is 7.17. The van der Waals surface area contributed by atoms with Gasteiger partial charge in [-0.25, -0.2) is 0 Å². The highest BCUT2D eigenvalue weighted by Crippen LogP contribution is 2.66. The van der Waals surface area contributed by atoms with Crippen molar-refractivity contribution in [1.82, 2.24) is 0 Å². The van der Waals surface area contributed by atoms with Crippen molar-refractivity contribution >= 4 is 70.6 Å². The first-order valence-electron chi connectivity index (χ1n) is 19.4. The fourth-order valence-electron chi connectivity index (χ4n) is 8.29. The highest BCUT2D eigenvalue weighted by Gasteiger charge is 2.39. The summed E-state index contributed by atoms with van der Waals surface area (Å²) in [5, 5.41) is 2.69. The van der Waals surface area contributed by atoms with Crippen molar-refractivity contribution < 1.29 is 28.2 Å². The van der Waals surface area contributed by atoms with Gasteiger partial charge in [-0.05, 0) is 119 Å². The first kappa shape index (κ1) is 41.2. The van der Waals surface area contributed by atoms with Gasteiger partial charge in [0, 0.05) is 50.4 Å². The van der Waals surface area contributed by atoms with E-state index in [1.54, 1.807) is 0 Å². The number of hydrogen-bond acceptors (Lipinski definition) is 8. The maximum atomic E-state index is 15.1. The van der Waals surface area contributed by atoms with Crippen molar-refractivity contribution in [2.75, 3.05) is 0 Å². The second kappa shape index (κ2) is 16.6.